The summed E-state index contributed by atoms with van der Waals surface area (Å²) in [5.41, 5.74) is 10.4. The molecular formula is C43H27N3. The first kappa shape index (κ1) is 26.2. The molecule has 2 aromatic heterocycles. The second kappa shape index (κ2) is 10.8. The minimum Gasteiger partial charge on any atom is -0.264 e. The Morgan fingerprint density at radius 2 is 0.826 bits per heavy atom. The average molecular weight is 586 g/mol. The van der Waals surface area contributed by atoms with E-state index in [1.165, 1.54) is 43.6 Å². The Kier molecular flexibility index (Phi) is 6.14. The lowest BCUT2D eigenvalue weighted by atomic mass is 9.84. The minimum atomic E-state index is 0.883. The van der Waals surface area contributed by atoms with Crippen LogP contribution in [0.15, 0.2) is 164 Å². The third-order valence-electron chi connectivity index (χ3n) is 8.95. The van der Waals surface area contributed by atoms with Crippen molar-refractivity contribution in [1.82, 2.24) is 15.0 Å². The number of para-hydroxylation sites is 2. The molecule has 0 bridgehead atoms. The number of hydrogen-bond donors (Lipinski definition) is 0. The van der Waals surface area contributed by atoms with E-state index in [0.717, 1.165) is 44.5 Å². The van der Waals surface area contributed by atoms with Crippen molar-refractivity contribution in [2.45, 2.75) is 0 Å². The molecule has 0 aliphatic heterocycles. The van der Waals surface area contributed by atoms with Crippen LogP contribution in [-0.4, -0.2) is 15.0 Å². The number of aromatic nitrogens is 3. The lowest BCUT2D eigenvalue weighted by molar-refractivity contribution is 1.30. The third kappa shape index (κ3) is 4.17. The zero-order valence-electron chi connectivity index (χ0n) is 24.9. The fourth-order valence-corrected chi connectivity index (χ4v) is 6.96. The van der Waals surface area contributed by atoms with Crippen molar-refractivity contribution in [1.29, 1.82) is 0 Å². The van der Waals surface area contributed by atoms with Gasteiger partial charge in [0.05, 0.1) is 22.4 Å². The Morgan fingerprint density at radius 1 is 0.326 bits per heavy atom. The van der Waals surface area contributed by atoms with Crippen LogP contribution in [0.3, 0.4) is 0 Å². The van der Waals surface area contributed by atoms with Gasteiger partial charge in [-0.05, 0) is 67.2 Å². The van der Waals surface area contributed by atoms with Crippen molar-refractivity contribution in [3.8, 4) is 44.8 Å². The summed E-state index contributed by atoms with van der Waals surface area (Å²) in [5.74, 6) is 0. The molecule has 0 N–H and O–H groups in total. The van der Waals surface area contributed by atoms with Crippen LogP contribution in [0.4, 0.5) is 0 Å². The number of pyridine rings is 1. The molecule has 3 nitrogen and oxygen atoms in total. The van der Waals surface area contributed by atoms with Crippen LogP contribution in [0.2, 0.25) is 0 Å². The molecule has 214 valence electrons. The smallest absolute Gasteiger partial charge is 0.0979 e. The van der Waals surface area contributed by atoms with Gasteiger partial charge in [-0.3, -0.25) is 4.98 Å². The van der Waals surface area contributed by atoms with Gasteiger partial charge < -0.3 is 0 Å². The number of hydrogen-bond acceptors (Lipinski definition) is 3. The van der Waals surface area contributed by atoms with E-state index < -0.39 is 0 Å². The van der Waals surface area contributed by atoms with Gasteiger partial charge >= 0.3 is 0 Å². The summed E-state index contributed by atoms with van der Waals surface area (Å²) in [7, 11) is 0. The van der Waals surface area contributed by atoms with E-state index in [1.807, 2.05) is 48.8 Å². The van der Waals surface area contributed by atoms with Gasteiger partial charge in [0.1, 0.15) is 0 Å². The van der Waals surface area contributed by atoms with Crippen molar-refractivity contribution < 1.29 is 0 Å². The van der Waals surface area contributed by atoms with Crippen molar-refractivity contribution in [2.75, 3.05) is 0 Å². The Morgan fingerprint density at radius 3 is 1.46 bits per heavy atom. The van der Waals surface area contributed by atoms with Crippen molar-refractivity contribution in [2.24, 2.45) is 0 Å². The molecule has 0 aliphatic carbocycles. The van der Waals surface area contributed by atoms with Gasteiger partial charge in [0.15, 0.2) is 0 Å². The standard InChI is InChI=1S/C43H27N3/c1-2-13-28(14-3-1)42-43(46-39-25-9-8-24-38(39)45-42)37-23-11-20-30-31(37)21-10-22-32(30)41-35-18-6-4-16-33(35)40(29-15-12-26-44-27-29)34-17-5-7-19-36(34)41/h1-27H. The zero-order valence-corrected chi connectivity index (χ0v) is 24.9. The first-order valence-electron chi connectivity index (χ1n) is 15.5. The number of fused-ring (bicyclic) bond motifs is 4. The highest BCUT2D eigenvalue weighted by Gasteiger charge is 2.20. The maximum Gasteiger partial charge on any atom is 0.0979 e. The molecule has 0 atom stereocenters. The maximum atomic E-state index is 5.25. The average Bonchev–Trinajstić information content (AvgIpc) is 3.13. The highest BCUT2D eigenvalue weighted by molar-refractivity contribution is 6.24. The molecule has 9 aromatic rings. The Labute approximate surface area is 266 Å². The van der Waals surface area contributed by atoms with Crippen LogP contribution in [0, 0.1) is 0 Å². The van der Waals surface area contributed by atoms with Crippen LogP contribution in [0.1, 0.15) is 0 Å². The fraction of sp³-hybridized carbons (Fsp3) is 0. The highest BCUT2D eigenvalue weighted by atomic mass is 14.8. The highest BCUT2D eigenvalue weighted by Crippen LogP contribution is 2.46. The summed E-state index contributed by atoms with van der Waals surface area (Å²) in [4.78, 5) is 14.9. The minimum absolute atomic E-state index is 0.883. The lowest BCUT2D eigenvalue weighted by Gasteiger charge is -2.19. The van der Waals surface area contributed by atoms with E-state index in [0.29, 0.717) is 0 Å². The quantitative estimate of drug-likeness (QED) is 0.193. The molecule has 0 radical (unpaired) electrons. The van der Waals surface area contributed by atoms with Gasteiger partial charge in [-0.2, -0.15) is 0 Å². The molecule has 0 amide bonds. The molecule has 46 heavy (non-hydrogen) atoms. The van der Waals surface area contributed by atoms with Gasteiger partial charge in [-0.15, -0.1) is 0 Å². The van der Waals surface area contributed by atoms with E-state index in [1.54, 1.807) is 0 Å². The van der Waals surface area contributed by atoms with Gasteiger partial charge in [-0.25, -0.2) is 9.97 Å². The van der Waals surface area contributed by atoms with E-state index in [2.05, 4.69) is 120 Å². The molecule has 9 rings (SSSR count). The van der Waals surface area contributed by atoms with Crippen LogP contribution in [0.5, 0.6) is 0 Å². The topological polar surface area (TPSA) is 38.7 Å². The lowest BCUT2D eigenvalue weighted by Crippen LogP contribution is -1.96. The van der Waals surface area contributed by atoms with Crippen molar-refractivity contribution in [3.05, 3.63) is 164 Å². The maximum absolute atomic E-state index is 5.25. The third-order valence-corrected chi connectivity index (χ3v) is 8.95. The first-order valence-corrected chi connectivity index (χ1v) is 15.5. The van der Waals surface area contributed by atoms with E-state index in [-0.39, 0.29) is 0 Å². The van der Waals surface area contributed by atoms with E-state index in [4.69, 9.17) is 9.97 Å². The fourth-order valence-electron chi connectivity index (χ4n) is 6.96. The molecule has 3 heteroatoms. The molecule has 0 aliphatic rings. The molecule has 7 aromatic carbocycles. The molecule has 0 saturated carbocycles. The normalized spacial score (nSPS) is 11.5. The van der Waals surface area contributed by atoms with Crippen LogP contribution < -0.4 is 0 Å². The van der Waals surface area contributed by atoms with Crippen LogP contribution >= 0.6 is 0 Å². The SMILES string of the molecule is c1ccc(-c2nc3ccccc3nc2-c2cccc3c(-c4c5ccccc5c(-c5cccnc5)c5ccccc45)cccc23)cc1. The van der Waals surface area contributed by atoms with E-state index >= 15 is 0 Å². The number of nitrogens with zero attached hydrogens (tertiary/aromatic N) is 3. The van der Waals surface area contributed by atoms with Gasteiger partial charge in [0, 0.05) is 29.1 Å². The summed E-state index contributed by atoms with van der Waals surface area (Å²) in [5, 5.41) is 7.18. The summed E-state index contributed by atoms with van der Waals surface area (Å²) >= 11 is 0. The summed E-state index contributed by atoms with van der Waals surface area (Å²) < 4.78 is 0. The molecule has 0 fully saturated rings. The molecule has 0 spiro atoms. The first-order chi connectivity index (χ1) is 22.8. The summed E-state index contributed by atoms with van der Waals surface area (Å²) in [6.07, 6.45) is 3.80. The largest absolute Gasteiger partial charge is 0.264 e. The van der Waals surface area contributed by atoms with Gasteiger partial charge in [-0.1, -0.05) is 133 Å². The number of benzene rings is 7. The number of rotatable bonds is 4. The Balaban J connectivity index is 1.36. The monoisotopic (exact) mass is 585 g/mol. The second-order valence-electron chi connectivity index (χ2n) is 11.6. The molecule has 2 heterocycles. The molecular weight excluding hydrogens is 558 g/mol. The predicted molar refractivity (Wildman–Crippen MR) is 192 cm³/mol. The van der Waals surface area contributed by atoms with Crippen molar-refractivity contribution in [3.63, 3.8) is 0 Å². The zero-order chi connectivity index (χ0) is 30.5. The van der Waals surface area contributed by atoms with Crippen molar-refractivity contribution >= 4 is 43.4 Å². The second-order valence-corrected chi connectivity index (χ2v) is 11.6. The molecule has 0 unspecified atom stereocenters. The summed E-state index contributed by atoms with van der Waals surface area (Å²) in [6.45, 7) is 0. The molecule has 0 saturated heterocycles. The Bertz CT molecular complexity index is 2520. The predicted octanol–water partition coefficient (Wildman–Crippen LogP) is 11.2. The van der Waals surface area contributed by atoms with Gasteiger partial charge in [0.25, 0.3) is 0 Å². The Hall–Kier alpha value is -6.19. The van der Waals surface area contributed by atoms with E-state index in [9.17, 15) is 0 Å². The van der Waals surface area contributed by atoms with Crippen LogP contribution in [0.25, 0.3) is 88.1 Å². The van der Waals surface area contributed by atoms with Crippen LogP contribution in [-0.2, 0) is 0 Å². The van der Waals surface area contributed by atoms with Gasteiger partial charge in [0.2, 0.25) is 0 Å². The summed E-state index contributed by atoms with van der Waals surface area (Å²) in [6, 6.07) is 53.4.